The van der Waals surface area contributed by atoms with Gasteiger partial charge in [-0.15, -0.1) is 0 Å². The summed E-state index contributed by atoms with van der Waals surface area (Å²) in [5, 5.41) is 0. The molecule has 0 bridgehead atoms. The normalized spacial score (nSPS) is 25.9. The van der Waals surface area contributed by atoms with E-state index in [9.17, 15) is 18.0 Å². The van der Waals surface area contributed by atoms with Gasteiger partial charge in [0, 0.05) is 12.6 Å². The van der Waals surface area contributed by atoms with Crippen molar-refractivity contribution < 1.29 is 22.7 Å². The van der Waals surface area contributed by atoms with Gasteiger partial charge in [0.15, 0.2) is 9.84 Å². The maximum Gasteiger partial charge on any atom is 0.315 e. The van der Waals surface area contributed by atoms with Gasteiger partial charge in [0.05, 0.1) is 18.1 Å². The maximum atomic E-state index is 12.2. The molecule has 7 heteroatoms. The van der Waals surface area contributed by atoms with Gasteiger partial charge in [-0.2, -0.15) is 0 Å². The lowest BCUT2D eigenvalue weighted by Gasteiger charge is -2.29. The van der Waals surface area contributed by atoms with Crippen molar-refractivity contribution >= 4 is 21.7 Å². The number of sulfone groups is 1. The Hall–Kier alpha value is -1.11. The van der Waals surface area contributed by atoms with Crippen LogP contribution in [0.25, 0.3) is 0 Å². The number of carbonyl (C=O) groups excluding carboxylic acids is 2. The Morgan fingerprint density at radius 2 is 2.00 bits per heavy atom. The predicted molar refractivity (Wildman–Crippen MR) is 72.7 cm³/mol. The van der Waals surface area contributed by atoms with Crippen LogP contribution in [0.2, 0.25) is 0 Å². The number of ether oxygens (including phenoxy) is 1. The third-order valence-electron chi connectivity index (χ3n) is 3.77. The van der Waals surface area contributed by atoms with Gasteiger partial charge in [-0.05, 0) is 32.1 Å². The quantitative estimate of drug-likeness (QED) is 0.553. The fraction of sp³-hybridized carbons (Fsp3) is 0.846. The molecule has 0 aromatic carbocycles. The van der Waals surface area contributed by atoms with E-state index in [0.717, 1.165) is 12.8 Å². The molecule has 0 aromatic rings. The molecule has 0 spiro atoms. The molecule has 1 saturated carbocycles. The third kappa shape index (κ3) is 3.94. The van der Waals surface area contributed by atoms with Gasteiger partial charge in [0.25, 0.3) is 0 Å². The first kappa shape index (κ1) is 15.3. The summed E-state index contributed by atoms with van der Waals surface area (Å²) in [5.74, 6) is -0.420. The Morgan fingerprint density at radius 1 is 1.30 bits per heavy atom. The lowest BCUT2D eigenvalue weighted by atomic mass is 10.1. The fourth-order valence-electron chi connectivity index (χ4n) is 2.67. The molecule has 20 heavy (non-hydrogen) atoms. The van der Waals surface area contributed by atoms with Gasteiger partial charge < -0.3 is 9.64 Å². The molecule has 1 unspecified atom stereocenters. The summed E-state index contributed by atoms with van der Waals surface area (Å²) in [6.45, 7) is 2.35. The maximum absolute atomic E-state index is 12.2. The van der Waals surface area contributed by atoms with E-state index in [2.05, 4.69) is 0 Å². The van der Waals surface area contributed by atoms with Crippen LogP contribution in [0.5, 0.6) is 0 Å². The first-order chi connectivity index (χ1) is 9.43. The lowest BCUT2D eigenvalue weighted by Crippen LogP contribution is -2.44. The van der Waals surface area contributed by atoms with E-state index in [1.807, 2.05) is 0 Å². The minimum absolute atomic E-state index is 0.0340. The Morgan fingerprint density at radius 3 is 2.60 bits per heavy atom. The van der Waals surface area contributed by atoms with E-state index < -0.39 is 15.8 Å². The smallest absolute Gasteiger partial charge is 0.315 e. The van der Waals surface area contributed by atoms with E-state index in [-0.39, 0.29) is 42.4 Å². The van der Waals surface area contributed by atoms with Crippen molar-refractivity contribution in [1.29, 1.82) is 0 Å². The number of amides is 1. The number of nitrogens with zero attached hydrogens (tertiary/aromatic N) is 1. The van der Waals surface area contributed by atoms with Crippen LogP contribution in [-0.4, -0.2) is 55.9 Å². The molecule has 1 saturated heterocycles. The summed E-state index contributed by atoms with van der Waals surface area (Å²) in [6, 6.07) is -0.260. The molecular formula is C13H21NO5S. The van der Waals surface area contributed by atoms with Crippen molar-refractivity contribution in [2.75, 3.05) is 24.7 Å². The molecule has 1 aliphatic heterocycles. The molecule has 114 valence electrons. The molecule has 1 aliphatic carbocycles. The third-order valence-corrected chi connectivity index (χ3v) is 5.53. The summed E-state index contributed by atoms with van der Waals surface area (Å²) >= 11 is 0. The molecule has 1 amide bonds. The van der Waals surface area contributed by atoms with Gasteiger partial charge in [-0.25, -0.2) is 8.42 Å². The van der Waals surface area contributed by atoms with Crippen LogP contribution >= 0.6 is 0 Å². The van der Waals surface area contributed by atoms with Crippen molar-refractivity contribution in [1.82, 2.24) is 4.90 Å². The van der Waals surface area contributed by atoms with E-state index in [0.29, 0.717) is 13.0 Å². The minimum atomic E-state index is -3.09. The summed E-state index contributed by atoms with van der Waals surface area (Å²) in [5.41, 5.74) is 0. The average molecular weight is 303 g/mol. The van der Waals surface area contributed by atoms with E-state index in [1.54, 1.807) is 11.8 Å². The molecular weight excluding hydrogens is 282 g/mol. The summed E-state index contributed by atoms with van der Waals surface area (Å²) in [6.07, 6.45) is 2.07. The van der Waals surface area contributed by atoms with Gasteiger partial charge in [0.2, 0.25) is 5.91 Å². The number of hydrogen-bond acceptors (Lipinski definition) is 5. The molecule has 2 fully saturated rings. The fourth-order valence-corrected chi connectivity index (χ4v) is 4.38. The number of esters is 1. The van der Waals surface area contributed by atoms with E-state index in [1.165, 1.54) is 0 Å². The Bertz CT molecular complexity index is 483. The molecule has 0 N–H and O–H groups in total. The van der Waals surface area contributed by atoms with Gasteiger partial charge in [-0.1, -0.05) is 0 Å². The zero-order valence-corrected chi connectivity index (χ0v) is 12.5. The molecule has 0 aromatic heterocycles. The van der Waals surface area contributed by atoms with Crippen molar-refractivity contribution in [3.05, 3.63) is 0 Å². The molecule has 2 aliphatic rings. The monoisotopic (exact) mass is 303 g/mol. The highest BCUT2D eigenvalue weighted by molar-refractivity contribution is 7.91. The molecule has 6 nitrogen and oxygen atoms in total. The van der Waals surface area contributed by atoms with E-state index in [4.69, 9.17) is 4.74 Å². The first-order valence-electron chi connectivity index (χ1n) is 7.08. The van der Waals surface area contributed by atoms with Gasteiger partial charge in [-0.3, -0.25) is 9.59 Å². The average Bonchev–Trinajstić information content (AvgIpc) is 3.15. The van der Waals surface area contributed by atoms with Crippen LogP contribution in [0.4, 0.5) is 0 Å². The standard InChI is InChI=1S/C13H21NO5S/c1-2-19-13(16)8-12(15)14-6-3-7-20(17,18)9-11(14)10-4-5-10/h10-11H,2-9H2,1H3. The molecule has 1 heterocycles. The summed E-state index contributed by atoms with van der Waals surface area (Å²) in [4.78, 5) is 25.2. The first-order valence-corrected chi connectivity index (χ1v) is 8.90. The van der Waals surface area contributed by atoms with Gasteiger partial charge in [0.1, 0.15) is 6.42 Å². The summed E-state index contributed by atoms with van der Waals surface area (Å²) < 4.78 is 28.5. The second-order valence-electron chi connectivity index (χ2n) is 5.44. The van der Waals surface area contributed by atoms with Crippen molar-refractivity contribution in [3.63, 3.8) is 0 Å². The second kappa shape index (κ2) is 6.11. The van der Waals surface area contributed by atoms with Gasteiger partial charge >= 0.3 is 5.97 Å². The topological polar surface area (TPSA) is 80.8 Å². The number of hydrogen-bond donors (Lipinski definition) is 0. The van der Waals surface area contributed by atoms with Crippen LogP contribution in [0.1, 0.15) is 32.6 Å². The van der Waals surface area contributed by atoms with Crippen LogP contribution in [0.15, 0.2) is 0 Å². The van der Waals surface area contributed by atoms with Crippen LogP contribution in [0.3, 0.4) is 0 Å². The number of rotatable bonds is 4. The molecule has 0 radical (unpaired) electrons. The lowest BCUT2D eigenvalue weighted by molar-refractivity contribution is -0.149. The SMILES string of the molecule is CCOC(=O)CC(=O)N1CCCS(=O)(=O)CC1C1CC1. The molecule has 1 atom stereocenters. The second-order valence-corrected chi connectivity index (χ2v) is 7.67. The highest BCUT2D eigenvalue weighted by Gasteiger charge is 2.41. The Balaban J connectivity index is 2.07. The highest BCUT2D eigenvalue weighted by atomic mass is 32.2. The predicted octanol–water partition coefficient (Wildman–Crippen LogP) is 0.365. The van der Waals surface area contributed by atoms with Crippen LogP contribution < -0.4 is 0 Å². The minimum Gasteiger partial charge on any atom is -0.466 e. The van der Waals surface area contributed by atoms with Crippen molar-refractivity contribution in [3.8, 4) is 0 Å². The zero-order chi connectivity index (χ0) is 14.8. The Kier molecular flexibility index (Phi) is 4.67. The van der Waals surface area contributed by atoms with Crippen LogP contribution in [0, 0.1) is 5.92 Å². The largest absolute Gasteiger partial charge is 0.466 e. The van der Waals surface area contributed by atoms with Crippen LogP contribution in [-0.2, 0) is 24.2 Å². The Labute approximate surface area is 119 Å². The molecule has 2 rings (SSSR count). The number of carbonyl (C=O) groups is 2. The van der Waals surface area contributed by atoms with Crippen molar-refractivity contribution in [2.24, 2.45) is 5.92 Å². The van der Waals surface area contributed by atoms with E-state index >= 15 is 0 Å². The summed E-state index contributed by atoms with van der Waals surface area (Å²) in [7, 11) is -3.09. The highest BCUT2D eigenvalue weighted by Crippen LogP contribution is 2.37. The van der Waals surface area contributed by atoms with Crippen molar-refractivity contribution in [2.45, 2.75) is 38.6 Å². The zero-order valence-electron chi connectivity index (χ0n) is 11.7.